The quantitative estimate of drug-likeness (QED) is 0.843. The van der Waals surface area contributed by atoms with E-state index in [2.05, 4.69) is 20.2 Å². The van der Waals surface area contributed by atoms with E-state index in [1.54, 1.807) is 6.20 Å². The fourth-order valence-corrected chi connectivity index (χ4v) is 2.02. The molecule has 1 N–H and O–H groups in total. The van der Waals surface area contributed by atoms with E-state index in [-0.39, 0.29) is 12.4 Å². The average molecular weight is 263 g/mol. The van der Waals surface area contributed by atoms with Crippen LogP contribution in [0.1, 0.15) is 12.8 Å². The first-order valence-corrected chi connectivity index (χ1v) is 5.56. The Bertz CT molecular complexity index is 328. The lowest BCUT2D eigenvalue weighted by molar-refractivity contribution is 0.597. The van der Waals surface area contributed by atoms with Crippen LogP contribution in [0.4, 0.5) is 5.82 Å². The lowest BCUT2D eigenvalue weighted by Gasteiger charge is -2.21. The van der Waals surface area contributed by atoms with Crippen molar-refractivity contribution in [1.29, 1.82) is 0 Å². The molecule has 0 aromatic carbocycles. The summed E-state index contributed by atoms with van der Waals surface area (Å²) in [5.74, 6) is 0.878. The first-order chi connectivity index (χ1) is 7.25. The summed E-state index contributed by atoms with van der Waals surface area (Å²) in [7, 11) is 2.03. The van der Waals surface area contributed by atoms with E-state index in [9.17, 15) is 0 Å². The van der Waals surface area contributed by atoms with Crippen molar-refractivity contribution in [1.82, 2.24) is 15.3 Å². The summed E-state index contributed by atoms with van der Waals surface area (Å²) >= 11 is 5.74. The van der Waals surface area contributed by atoms with Crippen molar-refractivity contribution in [3.8, 4) is 0 Å². The van der Waals surface area contributed by atoms with Gasteiger partial charge < -0.3 is 10.2 Å². The van der Waals surface area contributed by atoms with Crippen LogP contribution in [0.3, 0.4) is 0 Å². The van der Waals surface area contributed by atoms with Crippen molar-refractivity contribution in [2.24, 2.45) is 0 Å². The predicted octanol–water partition coefficient (Wildman–Crippen LogP) is 1.74. The Morgan fingerprint density at radius 2 is 2.44 bits per heavy atom. The predicted molar refractivity (Wildman–Crippen MR) is 68.6 cm³/mol. The highest BCUT2D eigenvalue weighted by Gasteiger charge is 2.16. The second-order valence-electron chi connectivity index (χ2n) is 3.86. The topological polar surface area (TPSA) is 41.0 Å². The third kappa shape index (κ3) is 3.47. The number of aromatic nitrogens is 2. The lowest BCUT2D eigenvalue weighted by Crippen LogP contribution is -2.35. The molecule has 0 radical (unpaired) electrons. The number of hydrogen-bond donors (Lipinski definition) is 1. The minimum absolute atomic E-state index is 0. The third-order valence-electron chi connectivity index (χ3n) is 2.66. The van der Waals surface area contributed by atoms with Gasteiger partial charge in [-0.05, 0) is 37.1 Å². The van der Waals surface area contributed by atoms with Crippen molar-refractivity contribution >= 4 is 29.8 Å². The molecule has 0 spiro atoms. The van der Waals surface area contributed by atoms with Gasteiger partial charge in [0.05, 0.1) is 0 Å². The van der Waals surface area contributed by atoms with Gasteiger partial charge in [-0.15, -0.1) is 12.4 Å². The number of hydrogen-bond acceptors (Lipinski definition) is 4. The molecule has 1 aliphatic heterocycles. The van der Waals surface area contributed by atoms with Crippen LogP contribution in [0.5, 0.6) is 0 Å². The molecule has 1 aromatic rings. The molecule has 2 rings (SSSR count). The molecule has 1 atom stereocenters. The number of nitrogens with one attached hydrogen (secondary N) is 1. The lowest BCUT2D eigenvalue weighted by atomic mass is 10.2. The summed E-state index contributed by atoms with van der Waals surface area (Å²) in [6.45, 7) is 2.09. The number of rotatable bonds is 3. The molecule has 0 bridgehead atoms. The monoisotopic (exact) mass is 262 g/mol. The molecule has 1 aromatic heterocycles. The maximum Gasteiger partial charge on any atom is 0.224 e. The molecular formula is C10H16Cl2N4. The minimum Gasteiger partial charge on any atom is -0.358 e. The summed E-state index contributed by atoms with van der Waals surface area (Å²) in [6, 6.07) is 2.45. The van der Waals surface area contributed by atoms with E-state index in [1.165, 1.54) is 12.8 Å². The zero-order chi connectivity index (χ0) is 10.7. The van der Waals surface area contributed by atoms with Crippen LogP contribution in [-0.2, 0) is 0 Å². The molecule has 1 saturated heterocycles. The van der Waals surface area contributed by atoms with Crippen LogP contribution in [-0.4, -0.2) is 36.1 Å². The van der Waals surface area contributed by atoms with E-state index >= 15 is 0 Å². The fraction of sp³-hybridized carbons (Fsp3) is 0.600. The highest BCUT2D eigenvalue weighted by molar-refractivity contribution is 6.28. The second kappa shape index (κ2) is 6.23. The highest BCUT2D eigenvalue weighted by Crippen LogP contribution is 2.13. The van der Waals surface area contributed by atoms with Gasteiger partial charge in [-0.2, -0.15) is 0 Å². The molecule has 2 heterocycles. The van der Waals surface area contributed by atoms with Crippen molar-refractivity contribution in [3.05, 3.63) is 17.5 Å². The standard InChI is InChI=1S/C10H15ClN4.ClH/c1-15(7-8-3-2-5-12-8)9-4-6-13-10(11)14-9;/h4,6,8,12H,2-3,5,7H2,1H3;1H. The Morgan fingerprint density at radius 1 is 1.62 bits per heavy atom. The third-order valence-corrected chi connectivity index (χ3v) is 2.84. The van der Waals surface area contributed by atoms with Crippen LogP contribution in [0.2, 0.25) is 5.28 Å². The molecule has 0 saturated carbocycles. The van der Waals surface area contributed by atoms with Crippen molar-refractivity contribution in [3.63, 3.8) is 0 Å². The first-order valence-electron chi connectivity index (χ1n) is 5.19. The number of halogens is 2. The van der Waals surface area contributed by atoms with E-state index < -0.39 is 0 Å². The van der Waals surface area contributed by atoms with Gasteiger partial charge in [-0.1, -0.05) is 0 Å². The molecule has 1 fully saturated rings. The van der Waals surface area contributed by atoms with Gasteiger partial charge in [0.2, 0.25) is 5.28 Å². The molecule has 0 aliphatic carbocycles. The van der Waals surface area contributed by atoms with Gasteiger partial charge in [-0.25, -0.2) is 9.97 Å². The van der Waals surface area contributed by atoms with Gasteiger partial charge in [0, 0.05) is 25.8 Å². The van der Waals surface area contributed by atoms with Gasteiger partial charge in [0.15, 0.2) is 0 Å². The van der Waals surface area contributed by atoms with Gasteiger partial charge in [-0.3, -0.25) is 0 Å². The summed E-state index contributed by atoms with van der Waals surface area (Å²) in [5, 5.41) is 3.76. The largest absolute Gasteiger partial charge is 0.358 e. The van der Waals surface area contributed by atoms with E-state index in [1.807, 2.05) is 13.1 Å². The van der Waals surface area contributed by atoms with E-state index in [4.69, 9.17) is 11.6 Å². The Labute approximate surface area is 107 Å². The first kappa shape index (κ1) is 13.5. The van der Waals surface area contributed by atoms with Crippen LogP contribution in [0.15, 0.2) is 12.3 Å². The molecule has 90 valence electrons. The SMILES string of the molecule is CN(CC1CCCN1)c1ccnc(Cl)n1.Cl. The zero-order valence-electron chi connectivity index (χ0n) is 9.19. The maximum absolute atomic E-state index is 5.74. The number of likely N-dealkylation sites (N-methyl/N-ethyl adjacent to an activating group) is 1. The number of anilines is 1. The molecule has 0 amide bonds. The highest BCUT2D eigenvalue weighted by atomic mass is 35.5. The second-order valence-corrected chi connectivity index (χ2v) is 4.20. The molecule has 1 aliphatic rings. The van der Waals surface area contributed by atoms with Crippen LogP contribution in [0.25, 0.3) is 0 Å². The summed E-state index contributed by atoms with van der Waals surface area (Å²) in [4.78, 5) is 10.1. The Kier molecular flexibility index (Phi) is 5.25. The summed E-state index contributed by atoms with van der Waals surface area (Å²) in [5.41, 5.74) is 0. The van der Waals surface area contributed by atoms with Crippen molar-refractivity contribution < 1.29 is 0 Å². The van der Waals surface area contributed by atoms with Gasteiger partial charge in [0.1, 0.15) is 5.82 Å². The summed E-state index contributed by atoms with van der Waals surface area (Å²) in [6.07, 6.45) is 4.19. The van der Waals surface area contributed by atoms with Crippen LogP contribution >= 0.6 is 24.0 Å². The molecule has 4 nitrogen and oxygen atoms in total. The molecule has 6 heteroatoms. The molecule has 16 heavy (non-hydrogen) atoms. The van der Waals surface area contributed by atoms with E-state index in [0.29, 0.717) is 11.3 Å². The minimum atomic E-state index is 0. The van der Waals surface area contributed by atoms with Crippen molar-refractivity contribution in [2.45, 2.75) is 18.9 Å². The summed E-state index contributed by atoms with van der Waals surface area (Å²) < 4.78 is 0. The smallest absolute Gasteiger partial charge is 0.224 e. The Hall–Kier alpha value is -0.580. The molecule has 1 unspecified atom stereocenters. The van der Waals surface area contributed by atoms with Crippen molar-refractivity contribution in [2.75, 3.05) is 25.0 Å². The Morgan fingerprint density at radius 3 is 3.06 bits per heavy atom. The number of nitrogens with zero attached hydrogens (tertiary/aromatic N) is 3. The van der Waals surface area contributed by atoms with Crippen LogP contribution in [0, 0.1) is 0 Å². The Balaban J connectivity index is 0.00000128. The molecular weight excluding hydrogens is 247 g/mol. The average Bonchev–Trinajstić information content (AvgIpc) is 2.70. The van der Waals surface area contributed by atoms with E-state index in [0.717, 1.165) is 18.9 Å². The van der Waals surface area contributed by atoms with Crippen LogP contribution < -0.4 is 10.2 Å². The normalized spacial score (nSPS) is 19.2. The zero-order valence-corrected chi connectivity index (χ0v) is 10.8. The fourth-order valence-electron chi connectivity index (χ4n) is 1.88. The van der Waals surface area contributed by atoms with Gasteiger partial charge in [0.25, 0.3) is 0 Å². The van der Waals surface area contributed by atoms with Gasteiger partial charge >= 0.3 is 0 Å². The maximum atomic E-state index is 5.74.